The van der Waals surface area contributed by atoms with Gasteiger partial charge in [-0.2, -0.15) is 5.10 Å². The van der Waals surface area contributed by atoms with Crippen molar-refractivity contribution < 1.29 is 14.3 Å². The first-order valence-corrected chi connectivity index (χ1v) is 6.89. The zero-order valence-corrected chi connectivity index (χ0v) is 12.3. The summed E-state index contributed by atoms with van der Waals surface area (Å²) in [6, 6.07) is 8.06. The summed E-state index contributed by atoms with van der Waals surface area (Å²) in [7, 11) is 1.32. The van der Waals surface area contributed by atoms with Crippen LogP contribution in [0.15, 0.2) is 42.7 Å². The van der Waals surface area contributed by atoms with E-state index in [1.54, 1.807) is 30.5 Å². The smallest absolute Gasteiger partial charge is 0.337 e. The number of hydrogen-bond donors (Lipinski definition) is 2. The number of carbonyl (C=O) groups is 2. The number of esters is 1. The molecule has 0 radical (unpaired) electrons. The molecule has 2 N–H and O–H groups in total. The number of methoxy groups -OCH3 is 1. The minimum absolute atomic E-state index is 0.286. The third kappa shape index (κ3) is 4.62. The van der Waals surface area contributed by atoms with Crippen molar-refractivity contribution in [3.05, 3.63) is 48.3 Å². The van der Waals surface area contributed by atoms with Crippen LogP contribution in [0.2, 0.25) is 0 Å². The van der Waals surface area contributed by atoms with Gasteiger partial charge in [-0.1, -0.05) is 0 Å². The SMILES string of the molecule is COC(=O)c1ccc(NC(=O)NCCCn2cccn2)cc1. The normalized spacial score (nSPS) is 10.0. The molecule has 22 heavy (non-hydrogen) atoms. The minimum Gasteiger partial charge on any atom is -0.465 e. The predicted octanol–water partition coefficient (Wildman–Crippen LogP) is 1.88. The van der Waals surface area contributed by atoms with Gasteiger partial charge in [0.25, 0.3) is 0 Å². The number of urea groups is 1. The Morgan fingerprint density at radius 3 is 2.68 bits per heavy atom. The maximum absolute atomic E-state index is 11.7. The van der Waals surface area contributed by atoms with Gasteiger partial charge in [-0.05, 0) is 36.8 Å². The average Bonchev–Trinajstić information content (AvgIpc) is 3.05. The standard InChI is InChI=1S/C15H18N4O3/c1-22-14(20)12-4-6-13(7-5-12)18-15(21)16-8-2-10-19-11-3-9-17-19/h3-7,9,11H,2,8,10H2,1H3,(H2,16,18,21). The Bertz CT molecular complexity index is 608. The Balaban J connectivity index is 1.71. The molecular weight excluding hydrogens is 284 g/mol. The van der Waals surface area contributed by atoms with Gasteiger partial charge in [0.2, 0.25) is 0 Å². The molecule has 7 nitrogen and oxygen atoms in total. The molecule has 0 fully saturated rings. The van der Waals surface area contributed by atoms with Crippen molar-refractivity contribution in [3.8, 4) is 0 Å². The molecule has 0 aliphatic carbocycles. The molecule has 1 aromatic heterocycles. The van der Waals surface area contributed by atoms with E-state index in [0.717, 1.165) is 13.0 Å². The van der Waals surface area contributed by atoms with Crippen LogP contribution in [-0.2, 0) is 11.3 Å². The average molecular weight is 302 g/mol. The number of hydrogen-bond acceptors (Lipinski definition) is 4. The van der Waals surface area contributed by atoms with Crippen LogP contribution < -0.4 is 10.6 Å². The van der Waals surface area contributed by atoms with Gasteiger partial charge in [-0.25, -0.2) is 9.59 Å². The van der Waals surface area contributed by atoms with Crippen LogP contribution in [0, 0.1) is 0 Å². The maximum Gasteiger partial charge on any atom is 0.337 e. The third-order valence-corrected chi connectivity index (χ3v) is 2.97. The van der Waals surface area contributed by atoms with Gasteiger partial charge in [0.1, 0.15) is 0 Å². The van der Waals surface area contributed by atoms with Crippen molar-refractivity contribution >= 4 is 17.7 Å². The lowest BCUT2D eigenvalue weighted by molar-refractivity contribution is 0.0601. The van der Waals surface area contributed by atoms with E-state index in [2.05, 4.69) is 20.5 Å². The van der Waals surface area contributed by atoms with Crippen molar-refractivity contribution in [2.45, 2.75) is 13.0 Å². The molecule has 1 aromatic carbocycles. The second-order valence-electron chi connectivity index (χ2n) is 4.57. The van der Waals surface area contributed by atoms with E-state index in [1.165, 1.54) is 7.11 Å². The fourth-order valence-corrected chi connectivity index (χ4v) is 1.86. The topological polar surface area (TPSA) is 85.2 Å². The number of aryl methyl sites for hydroxylation is 1. The van der Waals surface area contributed by atoms with Gasteiger partial charge in [0, 0.05) is 31.2 Å². The van der Waals surface area contributed by atoms with Gasteiger partial charge in [0.15, 0.2) is 0 Å². The molecule has 116 valence electrons. The molecule has 2 aromatic rings. The zero-order valence-electron chi connectivity index (χ0n) is 12.3. The van der Waals surface area contributed by atoms with E-state index in [1.807, 2.05) is 16.9 Å². The van der Waals surface area contributed by atoms with E-state index >= 15 is 0 Å². The second kappa shape index (κ2) is 7.82. The first kappa shape index (κ1) is 15.6. The van der Waals surface area contributed by atoms with Gasteiger partial charge in [0.05, 0.1) is 12.7 Å². The van der Waals surface area contributed by atoms with Crippen molar-refractivity contribution in [2.75, 3.05) is 19.0 Å². The summed E-state index contributed by atoms with van der Waals surface area (Å²) in [6.45, 7) is 1.30. The Morgan fingerprint density at radius 1 is 1.27 bits per heavy atom. The number of aromatic nitrogens is 2. The Morgan fingerprint density at radius 2 is 2.05 bits per heavy atom. The Kier molecular flexibility index (Phi) is 5.53. The molecule has 0 unspecified atom stereocenters. The summed E-state index contributed by atoms with van der Waals surface area (Å²) in [6.07, 6.45) is 4.39. The van der Waals surface area contributed by atoms with E-state index in [4.69, 9.17) is 0 Å². The Hall–Kier alpha value is -2.83. The minimum atomic E-state index is -0.408. The number of anilines is 1. The van der Waals surface area contributed by atoms with E-state index in [-0.39, 0.29) is 6.03 Å². The predicted molar refractivity (Wildman–Crippen MR) is 81.6 cm³/mol. The summed E-state index contributed by atoms with van der Waals surface area (Å²) in [5.74, 6) is -0.408. The number of nitrogens with one attached hydrogen (secondary N) is 2. The van der Waals surface area contributed by atoms with Crippen molar-refractivity contribution in [1.29, 1.82) is 0 Å². The number of rotatable bonds is 6. The highest BCUT2D eigenvalue weighted by atomic mass is 16.5. The summed E-state index contributed by atoms with van der Waals surface area (Å²) >= 11 is 0. The lowest BCUT2D eigenvalue weighted by Gasteiger charge is -2.08. The molecule has 0 saturated carbocycles. The van der Waals surface area contributed by atoms with Crippen LogP contribution in [0.1, 0.15) is 16.8 Å². The summed E-state index contributed by atoms with van der Waals surface area (Å²) in [5, 5.41) is 9.54. The van der Waals surface area contributed by atoms with Crippen LogP contribution in [0.25, 0.3) is 0 Å². The van der Waals surface area contributed by atoms with Crippen LogP contribution in [-0.4, -0.2) is 35.4 Å². The van der Waals surface area contributed by atoms with Crippen molar-refractivity contribution in [1.82, 2.24) is 15.1 Å². The Labute approximate surface area is 128 Å². The quantitative estimate of drug-likeness (QED) is 0.630. The lowest BCUT2D eigenvalue weighted by Crippen LogP contribution is -2.30. The fraction of sp³-hybridized carbons (Fsp3) is 0.267. The molecule has 2 amide bonds. The number of ether oxygens (including phenoxy) is 1. The third-order valence-electron chi connectivity index (χ3n) is 2.97. The largest absolute Gasteiger partial charge is 0.465 e. The fourth-order valence-electron chi connectivity index (χ4n) is 1.86. The van der Waals surface area contributed by atoms with Gasteiger partial charge in [-0.15, -0.1) is 0 Å². The summed E-state index contributed by atoms with van der Waals surface area (Å²) in [4.78, 5) is 23.0. The molecule has 0 aliphatic heterocycles. The molecule has 2 rings (SSSR count). The number of carbonyl (C=O) groups excluding carboxylic acids is 2. The second-order valence-corrected chi connectivity index (χ2v) is 4.57. The molecule has 0 saturated heterocycles. The van der Waals surface area contributed by atoms with Gasteiger partial charge >= 0.3 is 12.0 Å². The maximum atomic E-state index is 11.7. The molecular formula is C15H18N4O3. The highest BCUT2D eigenvalue weighted by molar-refractivity contribution is 5.92. The molecule has 0 atom stereocenters. The van der Waals surface area contributed by atoms with Crippen LogP contribution in [0.4, 0.5) is 10.5 Å². The number of amides is 2. The highest BCUT2D eigenvalue weighted by Crippen LogP contribution is 2.10. The van der Waals surface area contributed by atoms with Gasteiger partial charge in [-0.3, -0.25) is 4.68 Å². The molecule has 1 heterocycles. The highest BCUT2D eigenvalue weighted by Gasteiger charge is 2.05. The first-order valence-electron chi connectivity index (χ1n) is 6.89. The van der Waals surface area contributed by atoms with E-state index in [9.17, 15) is 9.59 Å². The number of nitrogens with zero attached hydrogens (tertiary/aromatic N) is 2. The molecule has 0 spiro atoms. The lowest BCUT2D eigenvalue weighted by atomic mass is 10.2. The van der Waals surface area contributed by atoms with Crippen LogP contribution >= 0.6 is 0 Å². The van der Waals surface area contributed by atoms with Crippen LogP contribution in [0.5, 0.6) is 0 Å². The zero-order chi connectivity index (χ0) is 15.8. The summed E-state index contributed by atoms with van der Waals surface area (Å²) in [5.41, 5.74) is 1.05. The van der Waals surface area contributed by atoms with Crippen molar-refractivity contribution in [2.24, 2.45) is 0 Å². The van der Waals surface area contributed by atoms with E-state index < -0.39 is 5.97 Å². The molecule has 7 heteroatoms. The first-order chi connectivity index (χ1) is 10.7. The number of benzene rings is 1. The van der Waals surface area contributed by atoms with Gasteiger partial charge < -0.3 is 15.4 Å². The summed E-state index contributed by atoms with van der Waals surface area (Å²) < 4.78 is 6.42. The monoisotopic (exact) mass is 302 g/mol. The molecule has 0 aliphatic rings. The van der Waals surface area contributed by atoms with Crippen LogP contribution in [0.3, 0.4) is 0 Å². The van der Waals surface area contributed by atoms with Crippen molar-refractivity contribution in [3.63, 3.8) is 0 Å². The van der Waals surface area contributed by atoms with E-state index in [0.29, 0.717) is 17.8 Å². The molecule has 0 bridgehead atoms.